The molecule has 0 saturated heterocycles. The largest absolute Gasteiger partial charge is 0.287 e. The Kier molecular flexibility index (Phi) is 1.46. The molecule has 0 unspecified atom stereocenters. The predicted molar refractivity (Wildman–Crippen MR) is 40.2 cm³/mol. The first kappa shape index (κ1) is 6.53. The zero-order chi connectivity index (χ0) is 7.68. The number of carbonyl (C=O) groups is 1. The van der Waals surface area contributed by atoms with Crippen LogP contribution in [0.4, 0.5) is 0 Å². The van der Waals surface area contributed by atoms with E-state index < -0.39 is 0 Å². The van der Waals surface area contributed by atoms with E-state index in [0.29, 0.717) is 6.42 Å². The van der Waals surface area contributed by atoms with E-state index in [1.54, 1.807) is 0 Å². The lowest BCUT2D eigenvalue weighted by atomic mass is 10.1. The van der Waals surface area contributed by atoms with Crippen LogP contribution < -0.4 is 4.57 Å². The average Bonchev–Trinajstić information content (AvgIpc) is 2.06. The van der Waals surface area contributed by atoms with Gasteiger partial charge in [0.15, 0.2) is 6.20 Å². The van der Waals surface area contributed by atoms with Crippen molar-refractivity contribution in [2.75, 3.05) is 0 Å². The van der Waals surface area contributed by atoms with Gasteiger partial charge in [0.25, 0.3) is 0 Å². The number of hydrogen-bond acceptors (Lipinski definition) is 1. The first-order valence-corrected chi connectivity index (χ1v) is 3.89. The van der Waals surface area contributed by atoms with Gasteiger partial charge in [0.05, 0.1) is 0 Å². The Morgan fingerprint density at radius 2 is 2.27 bits per heavy atom. The number of Topliss-reactive ketones (excluding diaryl/α,β-unsaturated/α-hetero) is 1. The van der Waals surface area contributed by atoms with Crippen molar-refractivity contribution in [1.29, 1.82) is 0 Å². The van der Waals surface area contributed by atoms with E-state index >= 15 is 0 Å². The van der Waals surface area contributed by atoms with Crippen molar-refractivity contribution < 1.29 is 9.36 Å². The molecule has 0 saturated carbocycles. The summed E-state index contributed by atoms with van der Waals surface area (Å²) in [7, 11) is 0. The number of fused-ring (bicyclic) bond motifs is 1. The van der Waals surface area contributed by atoms with Crippen LogP contribution in [0.15, 0.2) is 24.4 Å². The van der Waals surface area contributed by atoms with Gasteiger partial charge in [0.1, 0.15) is 6.54 Å². The first-order chi connectivity index (χ1) is 5.38. The van der Waals surface area contributed by atoms with Gasteiger partial charge in [-0.3, -0.25) is 4.79 Å². The monoisotopic (exact) mass is 148 g/mol. The molecule has 0 aliphatic carbocycles. The molecule has 2 nitrogen and oxygen atoms in total. The van der Waals surface area contributed by atoms with Gasteiger partial charge in [0.2, 0.25) is 11.5 Å². The highest BCUT2D eigenvalue weighted by molar-refractivity contribution is 5.93. The third-order valence-electron chi connectivity index (χ3n) is 2.03. The molecule has 0 N–H and O–H groups in total. The van der Waals surface area contributed by atoms with Crippen molar-refractivity contribution in [2.24, 2.45) is 0 Å². The van der Waals surface area contributed by atoms with Crippen molar-refractivity contribution >= 4 is 5.78 Å². The zero-order valence-corrected chi connectivity index (χ0v) is 6.29. The summed E-state index contributed by atoms with van der Waals surface area (Å²) in [6.07, 6.45) is 3.66. The van der Waals surface area contributed by atoms with E-state index in [-0.39, 0.29) is 5.78 Å². The van der Waals surface area contributed by atoms with Gasteiger partial charge >= 0.3 is 0 Å². The molecular weight excluding hydrogens is 138 g/mol. The van der Waals surface area contributed by atoms with Crippen molar-refractivity contribution in [3.63, 3.8) is 0 Å². The maximum Gasteiger partial charge on any atom is 0.248 e. The van der Waals surface area contributed by atoms with Crippen molar-refractivity contribution in [1.82, 2.24) is 0 Å². The highest BCUT2D eigenvalue weighted by atomic mass is 16.1. The summed E-state index contributed by atoms with van der Waals surface area (Å²) in [5.74, 6) is 0.275. The summed E-state index contributed by atoms with van der Waals surface area (Å²) >= 11 is 0. The Balaban J connectivity index is 2.52. The summed E-state index contributed by atoms with van der Waals surface area (Å²) in [6, 6.07) is 5.76. The fourth-order valence-electron chi connectivity index (χ4n) is 1.46. The van der Waals surface area contributed by atoms with Crippen LogP contribution in [-0.4, -0.2) is 5.78 Å². The molecule has 0 amide bonds. The topological polar surface area (TPSA) is 20.9 Å². The molecule has 0 radical (unpaired) electrons. The second kappa shape index (κ2) is 2.46. The molecule has 2 heteroatoms. The molecule has 2 rings (SSSR count). The minimum atomic E-state index is 0.275. The number of hydrogen-bond donors (Lipinski definition) is 0. The number of nitrogens with zero attached hydrogens (tertiary/aromatic N) is 1. The lowest BCUT2D eigenvalue weighted by Gasteiger charge is -2.06. The lowest BCUT2D eigenvalue weighted by molar-refractivity contribution is -0.701. The SMILES string of the molecule is O=C1CCC[n+]2ccccc21. The average molecular weight is 148 g/mol. The van der Waals surface area contributed by atoms with Gasteiger partial charge in [-0.05, 0) is 6.07 Å². The molecule has 1 aliphatic rings. The molecule has 1 aliphatic heterocycles. The van der Waals surface area contributed by atoms with Crippen LogP contribution in [0.5, 0.6) is 0 Å². The third kappa shape index (κ3) is 1.04. The fourth-order valence-corrected chi connectivity index (χ4v) is 1.46. The molecule has 1 aromatic rings. The van der Waals surface area contributed by atoms with E-state index in [0.717, 1.165) is 18.7 Å². The number of aromatic nitrogens is 1. The predicted octanol–water partition coefficient (Wildman–Crippen LogP) is 0.951. The van der Waals surface area contributed by atoms with Crippen LogP contribution in [0.25, 0.3) is 0 Å². The normalized spacial score (nSPS) is 16.2. The summed E-state index contributed by atoms with van der Waals surface area (Å²) in [4.78, 5) is 11.3. The van der Waals surface area contributed by atoms with E-state index in [1.165, 1.54) is 0 Å². The Bertz CT molecular complexity index is 293. The Labute approximate surface area is 65.5 Å². The second-order valence-electron chi connectivity index (χ2n) is 2.81. The van der Waals surface area contributed by atoms with Gasteiger partial charge in [-0.25, -0.2) is 0 Å². The molecule has 0 spiro atoms. The van der Waals surface area contributed by atoms with Crippen molar-refractivity contribution in [3.8, 4) is 0 Å². The highest BCUT2D eigenvalue weighted by Crippen LogP contribution is 2.05. The molecule has 0 bridgehead atoms. The standard InChI is InChI=1S/C9H10NO/c11-9-5-3-7-10-6-2-1-4-8(9)10/h1-2,4,6H,3,5,7H2/q+1. The maximum atomic E-state index is 11.3. The summed E-state index contributed by atoms with van der Waals surface area (Å²) < 4.78 is 2.02. The summed E-state index contributed by atoms with van der Waals surface area (Å²) in [6.45, 7) is 0.988. The molecule has 2 heterocycles. The molecular formula is C9H10NO+. The van der Waals surface area contributed by atoms with Gasteiger partial charge < -0.3 is 0 Å². The van der Waals surface area contributed by atoms with E-state index in [9.17, 15) is 4.79 Å². The molecule has 0 aromatic carbocycles. The number of rotatable bonds is 0. The Morgan fingerprint density at radius 1 is 1.36 bits per heavy atom. The summed E-state index contributed by atoms with van der Waals surface area (Å²) in [5.41, 5.74) is 0.860. The highest BCUT2D eigenvalue weighted by Gasteiger charge is 2.22. The molecule has 11 heavy (non-hydrogen) atoms. The molecule has 0 atom stereocenters. The summed E-state index contributed by atoms with van der Waals surface area (Å²) in [5, 5.41) is 0. The van der Waals surface area contributed by atoms with Crippen LogP contribution in [0.3, 0.4) is 0 Å². The van der Waals surface area contributed by atoms with Crippen LogP contribution in [0, 0.1) is 0 Å². The van der Waals surface area contributed by atoms with Crippen molar-refractivity contribution in [3.05, 3.63) is 30.1 Å². The van der Waals surface area contributed by atoms with E-state index in [1.807, 2.05) is 29.0 Å². The van der Waals surface area contributed by atoms with Crippen LogP contribution >= 0.6 is 0 Å². The van der Waals surface area contributed by atoms with Crippen LogP contribution in [0.1, 0.15) is 23.3 Å². The quantitative estimate of drug-likeness (QED) is 0.502. The van der Waals surface area contributed by atoms with E-state index in [2.05, 4.69) is 0 Å². The van der Waals surface area contributed by atoms with Gasteiger partial charge in [0, 0.05) is 25.0 Å². The lowest BCUT2D eigenvalue weighted by Crippen LogP contribution is -2.43. The van der Waals surface area contributed by atoms with Crippen LogP contribution in [-0.2, 0) is 6.54 Å². The fraction of sp³-hybridized carbons (Fsp3) is 0.333. The first-order valence-electron chi connectivity index (χ1n) is 3.89. The number of aryl methyl sites for hydroxylation is 1. The second-order valence-corrected chi connectivity index (χ2v) is 2.81. The molecule has 56 valence electrons. The number of carbonyl (C=O) groups excluding carboxylic acids is 1. The third-order valence-corrected chi connectivity index (χ3v) is 2.03. The Hall–Kier alpha value is -1.18. The van der Waals surface area contributed by atoms with Gasteiger partial charge in [-0.2, -0.15) is 4.57 Å². The minimum absolute atomic E-state index is 0.275. The number of ketones is 1. The van der Waals surface area contributed by atoms with E-state index in [4.69, 9.17) is 0 Å². The smallest absolute Gasteiger partial charge is 0.248 e. The minimum Gasteiger partial charge on any atom is -0.287 e. The van der Waals surface area contributed by atoms with Crippen molar-refractivity contribution in [2.45, 2.75) is 19.4 Å². The number of pyridine rings is 1. The Morgan fingerprint density at radius 3 is 3.09 bits per heavy atom. The molecule has 0 fully saturated rings. The zero-order valence-electron chi connectivity index (χ0n) is 6.29. The van der Waals surface area contributed by atoms with Gasteiger partial charge in [-0.1, -0.05) is 0 Å². The van der Waals surface area contributed by atoms with Crippen LogP contribution in [0.2, 0.25) is 0 Å². The van der Waals surface area contributed by atoms with Gasteiger partial charge in [-0.15, -0.1) is 0 Å². The maximum absolute atomic E-state index is 11.3. The molecule has 1 aromatic heterocycles.